The molecule has 0 aromatic heterocycles. The highest BCUT2D eigenvalue weighted by Gasteiger charge is 2.32. The van der Waals surface area contributed by atoms with Crippen molar-refractivity contribution >= 4 is 40.9 Å². The first kappa shape index (κ1) is 19.1. The number of anilines is 1. The van der Waals surface area contributed by atoms with Crippen LogP contribution in [0.4, 0.5) is 5.69 Å². The fraction of sp³-hybridized carbons (Fsp3) is 0.350. The van der Waals surface area contributed by atoms with Gasteiger partial charge in [-0.2, -0.15) is 0 Å². The van der Waals surface area contributed by atoms with E-state index in [9.17, 15) is 9.59 Å². The topological polar surface area (TPSA) is 61.9 Å². The van der Waals surface area contributed by atoms with E-state index in [2.05, 4.69) is 16.8 Å². The van der Waals surface area contributed by atoms with Crippen LogP contribution in [0, 0.1) is 0 Å². The molecule has 2 saturated heterocycles. The Kier molecular flexibility index (Phi) is 5.91. The predicted molar refractivity (Wildman–Crippen MR) is 110 cm³/mol. The Bertz CT molecular complexity index is 813. The molecule has 3 rings (SSSR count). The largest absolute Gasteiger partial charge is 0.496 e. The maximum Gasteiger partial charge on any atom is 0.265 e. The molecule has 6 nitrogen and oxygen atoms in total. The second-order valence-corrected chi connectivity index (χ2v) is 6.88. The number of nitrogens with zero attached hydrogens (tertiary/aromatic N) is 2. The van der Waals surface area contributed by atoms with Gasteiger partial charge in [0.2, 0.25) is 0 Å². The van der Waals surface area contributed by atoms with Gasteiger partial charge in [0.1, 0.15) is 11.3 Å². The first-order chi connectivity index (χ1) is 13.0. The number of thiocarbonyl (C=S) groups is 1. The van der Waals surface area contributed by atoms with Crippen LogP contribution in [0.25, 0.3) is 6.08 Å². The molecular formula is C20H23N3O3S. The molecule has 0 atom stereocenters. The summed E-state index contributed by atoms with van der Waals surface area (Å²) >= 11 is 5.07. The highest BCUT2D eigenvalue weighted by molar-refractivity contribution is 7.80. The summed E-state index contributed by atoms with van der Waals surface area (Å²) in [5.74, 6) is -0.326. The van der Waals surface area contributed by atoms with Crippen molar-refractivity contribution in [3.05, 3.63) is 42.0 Å². The van der Waals surface area contributed by atoms with E-state index in [-0.39, 0.29) is 17.2 Å². The monoisotopic (exact) mass is 385 g/mol. The molecule has 1 aromatic carbocycles. The van der Waals surface area contributed by atoms with E-state index in [0.29, 0.717) is 11.3 Å². The first-order valence-electron chi connectivity index (χ1n) is 8.98. The van der Waals surface area contributed by atoms with Crippen LogP contribution in [0.3, 0.4) is 0 Å². The highest BCUT2D eigenvalue weighted by atomic mass is 32.1. The Labute approximate surface area is 164 Å². The van der Waals surface area contributed by atoms with Gasteiger partial charge in [0.05, 0.1) is 7.11 Å². The van der Waals surface area contributed by atoms with Crippen LogP contribution in [0.5, 0.6) is 5.75 Å². The van der Waals surface area contributed by atoms with Crippen molar-refractivity contribution in [3.63, 3.8) is 0 Å². The number of hydrogen-bond acceptors (Lipinski definition) is 5. The average molecular weight is 385 g/mol. The van der Waals surface area contributed by atoms with Gasteiger partial charge in [-0.15, -0.1) is 6.58 Å². The molecule has 0 aliphatic carbocycles. The minimum atomic E-state index is -0.507. The zero-order valence-corrected chi connectivity index (χ0v) is 16.2. The maximum absolute atomic E-state index is 12.7. The van der Waals surface area contributed by atoms with Crippen LogP contribution >= 0.6 is 12.2 Å². The molecule has 0 bridgehead atoms. The number of amides is 2. The molecule has 1 aromatic rings. The van der Waals surface area contributed by atoms with Gasteiger partial charge in [-0.3, -0.25) is 19.8 Å². The number of benzene rings is 1. The molecule has 2 aliphatic heterocycles. The Morgan fingerprint density at radius 1 is 1.26 bits per heavy atom. The molecule has 142 valence electrons. The molecule has 0 unspecified atom stereocenters. The summed E-state index contributed by atoms with van der Waals surface area (Å²) in [5, 5.41) is 2.64. The van der Waals surface area contributed by atoms with Crippen LogP contribution < -0.4 is 15.0 Å². The van der Waals surface area contributed by atoms with Gasteiger partial charge < -0.3 is 9.64 Å². The highest BCUT2D eigenvalue weighted by Crippen LogP contribution is 2.29. The number of ether oxygens (including phenoxy) is 1. The van der Waals surface area contributed by atoms with E-state index in [1.807, 2.05) is 18.2 Å². The summed E-state index contributed by atoms with van der Waals surface area (Å²) in [6, 6.07) is 5.83. The smallest absolute Gasteiger partial charge is 0.265 e. The molecule has 27 heavy (non-hydrogen) atoms. The Hall–Kier alpha value is -2.67. The van der Waals surface area contributed by atoms with Crippen LogP contribution in [-0.4, -0.2) is 48.6 Å². The van der Waals surface area contributed by atoms with Gasteiger partial charge >= 0.3 is 0 Å². The number of nitrogens with one attached hydrogen (secondary N) is 1. The van der Waals surface area contributed by atoms with Crippen molar-refractivity contribution in [2.75, 3.05) is 31.6 Å². The standard InChI is InChI=1S/C20H23N3O3S/c1-3-9-23-19(25)16(18(24)21-20(23)27)12-14-7-8-15(13-17(14)26-2)22-10-5-4-6-11-22/h3,7-8,12-13H,1,4-6,9-11H2,2H3,(H,21,24,27)/b16-12-. The minimum absolute atomic E-state index is 0.0227. The summed E-state index contributed by atoms with van der Waals surface area (Å²) in [6.45, 7) is 5.91. The van der Waals surface area contributed by atoms with Gasteiger partial charge in [-0.05, 0) is 49.7 Å². The fourth-order valence-corrected chi connectivity index (χ4v) is 3.56. The third-order valence-electron chi connectivity index (χ3n) is 4.74. The number of rotatable bonds is 5. The third kappa shape index (κ3) is 4.03. The van der Waals surface area contributed by atoms with Crippen molar-refractivity contribution in [3.8, 4) is 5.75 Å². The second kappa shape index (κ2) is 8.35. The van der Waals surface area contributed by atoms with Crippen molar-refractivity contribution in [2.45, 2.75) is 19.3 Å². The summed E-state index contributed by atoms with van der Waals surface area (Å²) in [7, 11) is 1.58. The molecular weight excluding hydrogens is 362 g/mol. The Balaban J connectivity index is 1.92. The lowest BCUT2D eigenvalue weighted by Crippen LogP contribution is -2.53. The SMILES string of the molecule is C=CCN1C(=O)/C(=C\c2ccc(N3CCCCC3)cc2OC)C(=O)NC1=S. The van der Waals surface area contributed by atoms with E-state index in [4.69, 9.17) is 17.0 Å². The quantitative estimate of drug-likeness (QED) is 0.365. The zero-order valence-electron chi connectivity index (χ0n) is 15.4. The van der Waals surface area contributed by atoms with Gasteiger partial charge in [0.15, 0.2) is 5.11 Å². The van der Waals surface area contributed by atoms with Crippen molar-refractivity contribution in [2.24, 2.45) is 0 Å². The van der Waals surface area contributed by atoms with E-state index in [1.165, 1.54) is 24.2 Å². The molecule has 2 fully saturated rings. The Morgan fingerprint density at radius 3 is 2.67 bits per heavy atom. The van der Waals surface area contributed by atoms with E-state index in [1.54, 1.807) is 19.3 Å². The molecule has 2 aliphatic rings. The lowest BCUT2D eigenvalue weighted by atomic mass is 10.0. The molecule has 0 radical (unpaired) electrons. The average Bonchev–Trinajstić information content (AvgIpc) is 2.69. The lowest BCUT2D eigenvalue weighted by Gasteiger charge is -2.29. The molecule has 2 heterocycles. The molecule has 2 amide bonds. The van der Waals surface area contributed by atoms with E-state index in [0.717, 1.165) is 18.8 Å². The van der Waals surface area contributed by atoms with Gasteiger partial charge in [-0.25, -0.2) is 0 Å². The number of piperidine rings is 1. The number of methoxy groups -OCH3 is 1. The number of carbonyl (C=O) groups is 2. The van der Waals surface area contributed by atoms with Gasteiger partial charge in [-0.1, -0.05) is 6.08 Å². The van der Waals surface area contributed by atoms with Gasteiger partial charge in [0, 0.05) is 37.0 Å². The van der Waals surface area contributed by atoms with Crippen molar-refractivity contribution in [1.82, 2.24) is 10.2 Å². The van der Waals surface area contributed by atoms with E-state index < -0.39 is 11.8 Å². The summed E-state index contributed by atoms with van der Waals surface area (Å²) in [5.41, 5.74) is 1.78. The molecule has 0 saturated carbocycles. The number of hydrogen-bond donors (Lipinski definition) is 1. The summed E-state index contributed by atoms with van der Waals surface area (Å²) in [6.07, 6.45) is 6.74. The second-order valence-electron chi connectivity index (χ2n) is 6.50. The van der Waals surface area contributed by atoms with Gasteiger partial charge in [0.25, 0.3) is 11.8 Å². The molecule has 7 heteroatoms. The van der Waals surface area contributed by atoms with Crippen molar-refractivity contribution < 1.29 is 14.3 Å². The Morgan fingerprint density at radius 2 is 2.00 bits per heavy atom. The zero-order chi connectivity index (χ0) is 19.4. The van der Waals surface area contributed by atoms with Crippen LogP contribution in [0.15, 0.2) is 36.4 Å². The molecule has 0 spiro atoms. The normalized spacial score (nSPS) is 19.3. The third-order valence-corrected chi connectivity index (χ3v) is 5.06. The summed E-state index contributed by atoms with van der Waals surface area (Å²) in [4.78, 5) is 28.6. The minimum Gasteiger partial charge on any atom is -0.496 e. The van der Waals surface area contributed by atoms with Crippen LogP contribution in [0.2, 0.25) is 0 Å². The van der Waals surface area contributed by atoms with Crippen LogP contribution in [0.1, 0.15) is 24.8 Å². The van der Waals surface area contributed by atoms with E-state index >= 15 is 0 Å². The van der Waals surface area contributed by atoms with Crippen LogP contribution in [-0.2, 0) is 9.59 Å². The fourth-order valence-electron chi connectivity index (χ4n) is 3.31. The predicted octanol–water partition coefficient (Wildman–Crippen LogP) is 2.50. The number of carbonyl (C=O) groups excluding carboxylic acids is 2. The maximum atomic E-state index is 12.7. The molecule has 1 N–H and O–H groups in total. The lowest BCUT2D eigenvalue weighted by molar-refractivity contribution is -0.128. The first-order valence-corrected chi connectivity index (χ1v) is 9.38. The summed E-state index contributed by atoms with van der Waals surface area (Å²) < 4.78 is 5.51. The van der Waals surface area contributed by atoms with Crippen molar-refractivity contribution in [1.29, 1.82) is 0 Å².